The van der Waals surface area contributed by atoms with E-state index in [4.69, 9.17) is 9.47 Å². The fraction of sp³-hybridized carbons (Fsp3) is 0.353. The maximum absolute atomic E-state index is 12.0. The number of rotatable bonds is 8. The zero-order chi connectivity index (χ0) is 18.2. The average Bonchev–Trinajstić information content (AvgIpc) is 2.61. The van der Waals surface area contributed by atoms with Crippen molar-refractivity contribution in [1.29, 1.82) is 0 Å². The number of carbonyl (C=O) groups is 1. The van der Waals surface area contributed by atoms with Gasteiger partial charge in [0.1, 0.15) is 11.5 Å². The summed E-state index contributed by atoms with van der Waals surface area (Å²) in [6.07, 6.45) is 2.96. The van der Waals surface area contributed by atoms with Crippen LogP contribution in [0.3, 0.4) is 0 Å². The third-order valence-corrected chi connectivity index (χ3v) is 3.41. The van der Waals surface area contributed by atoms with Crippen molar-refractivity contribution in [2.45, 2.75) is 0 Å². The molecule has 2 N–H and O–H groups in total. The predicted molar refractivity (Wildman–Crippen MR) is 95.7 cm³/mol. The van der Waals surface area contributed by atoms with Crippen LogP contribution in [0, 0.1) is 0 Å². The van der Waals surface area contributed by atoms with E-state index in [1.807, 2.05) is 19.0 Å². The Morgan fingerprint density at radius 1 is 1.16 bits per heavy atom. The summed E-state index contributed by atoms with van der Waals surface area (Å²) in [6.45, 7) is 1.33. The lowest BCUT2D eigenvalue weighted by atomic mass is 10.2. The normalized spacial score (nSPS) is 10.4. The van der Waals surface area contributed by atoms with E-state index in [0.29, 0.717) is 35.2 Å². The van der Waals surface area contributed by atoms with Gasteiger partial charge in [-0.15, -0.1) is 0 Å². The molecule has 1 aromatic carbocycles. The Hall–Kier alpha value is -2.87. The van der Waals surface area contributed by atoms with Gasteiger partial charge in [-0.25, -0.2) is 9.97 Å². The van der Waals surface area contributed by atoms with Gasteiger partial charge >= 0.3 is 0 Å². The standard InChI is InChI=1S/C17H23N5O3/c1-22(2)8-7-18-16(23)12-10-19-17(20-11-12)21-14-9-13(24-3)5-6-15(14)25-4/h5-6,9-11H,7-8H2,1-4H3,(H,18,23)(H,19,20,21). The summed E-state index contributed by atoms with van der Waals surface area (Å²) in [5.74, 6) is 1.47. The summed E-state index contributed by atoms with van der Waals surface area (Å²) in [6, 6.07) is 5.36. The fourth-order valence-electron chi connectivity index (χ4n) is 2.04. The molecule has 0 spiro atoms. The Bertz CT molecular complexity index is 704. The van der Waals surface area contributed by atoms with Gasteiger partial charge in [0.2, 0.25) is 5.95 Å². The first-order valence-corrected chi connectivity index (χ1v) is 7.77. The largest absolute Gasteiger partial charge is 0.497 e. The summed E-state index contributed by atoms with van der Waals surface area (Å²) in [5.41, 5.74) is 1.08. The molecule has 1 aromatic heterocycles. The molecule has 0 aliphatic rings. The lowest BCUT2D eigenvalue weighted by molar-refractivity contribution is 0.0950. The van der Waals surface area contributed by atoms with E-state index in [1.54, 1.807) is 32.4 Å². The van der Waals surface area contributed by atoms with Crippen molar-refractivity contribution in [2.24, 2.45) is 0 Å². The number of likely N-dealkylation sites (N-methyl/N-ethyl adjacent to an activating group) is 1. The number of hydrogen-bond donors (Lipinski definition) is 2. The minimum Gasteiger partial charge on any atom is -0.497 e. The van der Waals surface area contributed by atoms with Crippen LogP contribution in [0.15, 0.2) is 30.6 Å². The number of amides is 1. The number of ether oxygens (including phenoxy) is 2. The predicted octanol–water partition coefficient (Wildman–Crippen LogP) is 1.53. The molecule has 2 aromatic rings. The van der Waals surface area contributed by atoms with Crippen molar-refractivity contribution in [1.82, 2.24) is 20.2 Å². The maximum atomic E-state index is 12.0. The third kappa shape index (κ3) is 5.32. The number of nitrogens with zero attached hydrogens (tertiary/aromatic N) is 3. The molecule has 25 heavy (non-hydrogen) atoms. The molecule has 8 heteroatoms. The fourth-order valence-corrected chi connectivity index (χ4v) is 2.04. The summed E-state index contributed by atoms with van der Waals surface area (Å²) in [5, 5.41) is 5.87. The molecule has 0 fully saturated rings. The van der Waals surface area contributed by atoms with Gasteiger partial charge in [0.05, 0.1) is 25.5 Å². The zero-order valence-corrected chi connectivity index (χ0v) is 14.9. The number of hydrogen-bond acceptors (Lipinski definition) is 7. The van der Waals surface area contributed by atoms with Crippen LogP contribution in [0.4, 0.5) is 11.6 Å². The van der Waals surface area contributed by atoms with Crippen molar-refractivity contribution in [3.8, 4) is 11.5 Å². The highest BCUT2D eigenvalue weighted by Crippen LogP contribution is 2.30. The topological polar surface area (TPSA) is 88.6 Å². The maximum Gasteiger partial charge on any atom is 0.254 e. The molecular weight excluding hydrogens is 322 g/mol. The lowest BCUT2D eigenvalue weighted by Gasteiger charge is -2.12. The van der Waals surface area contributed by atoms with Crippen LogP contribution in [-0.4, -0.2) is 62.2 Å². The van der Waals surface area contributed by atoms with Crippen molar-refractivity contribution < 1.29 is 14.3 Å². The second-order valence-corrected chi connectivity index (χ2v) is 5.55. The number of anilines is 2. The molecule has 0 unspecified atom stereocenters. The van der Waals surface area contributed by atoms with Crippen LogP contribution >= 0.6 is 0 Å². The molecular formula is C17H23N5O3. The number of aromatic nitrogens is 2. The lowest BCUT2D eigenvalue weighted by Crippen LogP contribution is -2.31. The SMILES string of the molecule is COc1ccc(OC)c(Nc2ncc(C(=O)NCCN(C)C)cn2)c1. The van der Waals surface area contributed by atoms with E-state index in [0.717, 1.165) is 6.54 Å². The summed E-state index contributed by atoms with van der Waals surface area (Å²) < 4.78 is 10.5. The summed E-state index contributed by atoms with van der Waals surface area (Å²) in [4.78, 5) is 22.4. The monoisotopic (exact) mass is 345 g/mol. The van der Waals surface area contributed by atoms with E-state index in [2.05, 4.69) is 20.6 Å². The number of carbonyl (C=O) groups excluding carboxylic acids is 1. The van der Waals surface area contributed by atoms with Gasteiger partial charge < -0.3 is 25.0 Å². The van der Waals surface area contributed by atoms with Gasteiger partial charge in [0.15, 0.2) is 0 Å². The highest BCUT2D eigenvalue weighted by atomic mass is 16.5. The molecule has 2 rings (SSSR count). The smallest absolute Gasteiger partial charge is 0.254 e. The van der Waals surface area contributed by atoms with Gasteiger partial charge in [0, 0.05) is 31.5 Å². The van der Waals surface area contributed by atoms with Crippen LogP contribution in [-0.2, 0) is 0 Å². The van der Waals surface area contributed by atoms with E-state index < -0.39 is 0 Å². The molecule has 0 atom stereocenters. The van der Waals surface area contributed by atoms with Crippen molar-refractivity contribution in [2.75, 3.05) is 46.7 Å². The van der Waals surface area contributed by atoms with E-state index in [-0.39, 0.29) is 5.91 Å². The summed E-state index contributed by atoms with van der Waals surface area (Å²) in [7, 11) is 7.06. The van der Waals surface area contributed by atoms with Crippen LogP contribution < -0.4 is 20.1 Å². The first-order chi connectivity index (χ1) is 12.0. The molecule has 1 heterocycles. The molecule has 134 valence electrons. The van der Waals surface area contributed by atoms with E-state index in [1.165, 1.54) is 12.4 Å². The van der Waals surface area contributed by atoms with Crippen molar-refractivity contribution in [3.05, 3.63) is 36.2 Å². The number of nitrogens with one attached hydrogen (secondary N) is 2. The highest BCUT2D eigenvalue weighted by Gasteiger charge is 2.09. The number of methoxy groups -OCH3 is 2. The van der Waals surface area contributed by atoms with Crippen LogP contribution in [0.1, 0.15) is 10.4 Å². The average molecular weight is 345 g/mol. The van der Waals surface area contributed by atoms with E-state index in [9.17, 15) is 4.79 Å². The Balaban J connectivity index is 2.04. The highest BCUT2D eigenvalue weighted by molar-refractivity contribution is 5.93. The van der Waals surface area contributed by atoms with Crippen molar-refractivity contribution >= 4 is 17.5 Å². The van der Waals surface area contributed by atoms with Gasteiger partial charge in [0.25, 0.3) is 5.91 Å². The minimum absolute atomic E-state index is 0.202. The first-order valence-electron chi connectivity index (χ1n) is 7.77. The number of benzene rings is 1. The van der Waals surface area contributed by atoms with E-state index >= 15 is 0 Å². The minimum atomic E-state index is -0.202. The van der Waals surface area contributed by atoms with Gasteiger partial charge in [-0.05, 0) is 26.2 Å². The Morgan fingerprint density at radius 3 is 2.48 bits per heavy atom. The molecule has 0 bridgehead atoms. The van der Waals surface area contributed by atoms with Crippen LogP contribution in [0.5, 0.6) is 11.5 Å². The molecule has 0 radical (unpaired) electrons. The molecule has 1 amide bonds. The molecule has 0 saturated carbocycles. The molecule has 8 nitrogen and oxygen atoms in total. The molecule has 0 aliphatic heterocycles. The first kappa shape index (κ1) is 18.5. The quantitative estimate of drug-likeness (QED) is 0.750. The van der Waals surface area contributed by atoms with Crippen LogP contribution in [0.25, 0.3) is 0 Å². The zero-order valence-electron chi connectivity index (χ0n) is 14.9. The van der Waals surface area contributed by atoms with Gasteiger partial charge in [-0.3, -0.25) is 4.79 Å². The van der Waals surface area contributed by atoms with Gasteiger partial charge in [-0.2, -0.15) is 0 Å². The third-order valence-electron chi connectivity index (χ3n) is 3.41. The second-order valence-electron chi connectivity index (χ2n) is 5.55. The molecule has 0 aliphatic carbocycles. The Labute approximate surface area is 147 Å². The van der Waals surface area contributed by atoms with Gasteiger partial charge in [-0.1, -0.05) is 0 Å². The van der Waals surface area contributed by atoms with Crippen molar-refractivity contribution in [3.63, 3.8) is 0 Å². The molecule has 0 saturated heterocycles. The van der Waals surface area contributed by atoms with Crippen LogP contribution in [0.2, 0.25) is 0 Å². The Morgan fingerprint density at radius 2 is 1.88 bits per heavy atom. The second kappa shape index (κ2) is 8.84. The Kier molecular flexibility index (Phi) is 6.53. The summed E-state index contributed by atoms with van der Waals surface area (Å²) >= 11 is 0.